The third-order valence-corrected chi connectivity index (χ3v) is 13.0. The molecule has 0 N–H and O–H groups in total. The summed E-state index contributed by atoms with van der Waals surface area (Å²) in [6.45, 7) is 11.6. The van der Waals surface area contributed by atoms with E-state index in [1.165, 1.54) is 121 Å². The second-order valence-electron chi connectivity index (χ2n) is 17.8. The fourth-order valence-electron chi connectivity index (χ4n) is 9.83. The molecule has 0 fully saturated rings. The Morgan fingerprint density at radius 3 is 1.69 bits per heavy atom. The minimum Gasteiger partial charge on any atom is -0.469 e. The van der Waals surface area contributed by atoms with E-state index in [-0.39, 0.29) is 22.8 Å². The van der Waals surface area contributed by atoms with Crippen LogP contribution in [0.3, 0.4) is 0 Å². The number of anilines is 1. The van der Waals surface area contributed by atoms with E-state index in [0.717, 1.165) is 51.6 Å². The zero-order valence-electron chi connectivity index (χ0n) is 36.9. The monoisotopic (exact) mass is 798 g/mol. The average Bonchev–Trinajstić information content (AvgIpc) is 3.60. The highest BCUT2D eigenvalue weighted by molar-refractivity contribution is 6.07. The number of esters is 2. The molecule has 4 aromatic carbocycles. The number of carbonyl (C=O) groups is 2. The number of methoxy groups -OCH3 is 2. The van der Waals surface area contributed by atoms with Crippen molar-refractivity contribution in [2.45, 2.75) is 141 Å². The van der Waals surface area contributed by atoms with Crippen LogP contribution in [0.2, 0.25) is 0 Å². The van der Waals surface area contributed by atoms with Gasteiger partial charge in [0, 0.05) is 60.3 Å². The SMILES string of the molecule is COC(=O)CCCCCCCCCN1C(=CC=CC2=[N+](CCCCCCCCCC(=O)OC)c3ccc4ccccc4c3C2(C)C)C(C)(C)c2c1ccc1ccccc21. The van der Waals surface area contributed by atoms with E-state index in [0.29, 0.717) is 12.8 Å². The highest BCUT2D eigenvalue weighted by Crippen LogP contribution is 2.51. The predicted molar refractivity (Wildman–Crippen MR) is 246 cm³/mol. The predicted octanol–water partition coefficient (Wildman–Crippen LogP) is 13.2. The first-order valence-electron chi connectivity index (χ1n) is 22.6. The van der Waals surface area contributed by atoms with E-state index in [4.69, 9.17) is 9.47 Å². The number of unbranched alkanes of at least 4 members (excludes halogenated alkanes) is 12. The highest BCUT2D eigenvalue weighted by atomic mass is 16.5. The number of hydrogen-bond acceptors (Lipinski definition) is 5. The Labute approximate surface area is 354 Å². The molecule has 0 aromatic heterocycles. The van der Waals surface area contributed by atoms with Gasteiger partial charge in [0.2, 0.25) is 5.69 Å². The Bertz CT molecular complexity index is 2170. The second-order valence-corrected chi connectivity index (χ2v) is 17.8. The fraction of sp³-hybridized carbons (Fsp3) is 0.491. The van der Waals surface area contributed by atoms with Gasteiger partial charge in [0.15, 0.2) is 5.71 Å². The van der Waals surface area contributed by atoms with Gasteiger partial charge in [-0.2, -0.15) is 4.58 Å². The van der Waals surface area contributed by atoms with Gasteiger partial charge >= 0.3 is 11.9 Å². The Balaban J connectivity index is 1.22. The lowest BCUT2D eigenvalue weighted by molar-refractivity contribution is -0.438. The summed E-state index contributed by atoms with van der Waals surface area (Å²) in [5.74, 6) is -0.202. The molecule has 59 heavy (non-hydrogen) atoms. The maximum absolute atomic E-state index is 11.5. The van der Waals surface area contributed by atoms with E-state index in [1.807, 2.05) is 0 Å². The van der Waals surface area contributed by atoms with Crippen LogP contribution in [0.1, 0.15) is 142 Å². The lowest BCUT2D eigenvalue weighted by Crippen LogP contribution is -2.28. The molecule has 0 radical (unpaired) electrons. The first kappa shape index (κ1) is 43.9. The van der Waals surface area contributed by atoms with E-state index < -0.39 is 0 Å². The molecule has 4 aromatic rings. The maximum Gasteiger partial charge on any atom is 0.305 e. The molecule has 0 saturated carbocycles. The molecular weight excluding hydrogens is 729 g/mol. The minimum atomic E-state index is -0.159. The van der Waals surface area contributed by atoms with Gasteiger partial charge in [-0.25, -0.2) is 0 Å². The summed E-state index contributed by atoms with van der Waals surface area (Å²) in [5.41, 5.74) is 7.95. The maximum atomic E-state index is 11.5. The first-order valence-corrected chi connectivity index (χ1v) is 22.6. The van der Waals surface area contributed by atoms with Crippen molar-refractivity contribution in [3.05, 3.63) is 108 Å². The van der Waals surface area contributed by atoms with Crippen molar-refractivity contribution in [1.29, 1.82) is 0 Å². The summed E-state index contributed by atoms with van der Waals surface area (Å²) in [5, 5.41) is 5.29. The number of hydrogen-bond donors (Lipinski definition) is 0. The van der Waals surface area contributed by atoms with Gasteiger partial charge in [-0.05, 0) is 84.8 Å². The molecule has 6 heteroatoms. The number of fused-ring (bicyclic) bond motifs is 6. The van der Waals surface area contributed by atoms with Crippen molar-refractivity contribution in [1.82, 2.24) is 0 Å². The molecule has 6 rings (SSSR count). The van der Waals surface area contributed by atoms with E-state index in [2.05, 4.69) is 128 Å². The zero-order valence-corrected chi connectivity index (χ0v) is 36.9. The van der Waals surface area contributed by atoms with Crippen LogP contribution < -0.4 is 4.90 Å². The molecule has 2 aliphatic heterocycles. The number of carbonyl (C=O) groups excluding carboxylic acids is 2. The molecular formula is C53H69N2O4+. The van der Waals surface area contributed by atoms with Gasteiger partial charge in [-0.1, -0.05) is 132 Å². The fourth-order valence-corrected chi connectivity index (χ4v) is 9.83. The van der Waals surface area contributed by atoms with Gasteiger partial charge in [-0.3, -0.25) is 9.59 Å². The van der Waals surface area contributed by atoms with Gasteiger partial charge < -0.3 is 14.4 Å². The number of rotatable bonds is 22. The molecule has 0 amide bonds. The summed E-state index contributed by atoms with van der Waals surface area (Å²) in [6.07, 6.45) is 24.1. The largest absolute Gasteiger partial charge is 0.469 e. The van der Waals surface area contributed by atoms with Crippen LogP contribution in [-0.2, 0) is 29.9 Å². The van der Waals surface area contributed by atoms with E-state index in [1.54, 1.807) is 0 Å². The Hall–Kier alpha value is -4.71. The average molecular weight is 798 g/mol. The highest BCUT2D eigenvalue weighted by Gasteiger charge is 2.45. The van der Waals surface area contributed by atoms with Gasteiger partial charge in [0.05, 0.1) is 19.6 Å². The van der Waals surface area contributed by atoms with Crippen LogP contribution in [0.4, 0.5) is 11.4 Å². The standard InChI is InChI=1S/C53H69N2O4/c1-52(2)46(54(38-23-15-11-7-9-13-17-32-48(56)58-5)44-36-34-40-26-19-21-28-42(40)50(44)52)30-25-31-47-53(3,4)51-43-29-22-20-27-41(43)35-37-45(51)55(47)39-24-16-12-8-10-14-18-33-49(57)59-6/h19-22,25-31,34-37H,7-18,23-24,32-33,38-39H2,1-6H3/q+1. The summed E-state index contributed by atoms with van der Waals surface area (Å²) in [6, 6.07) is 27.0. The van der Waals surface area contributed by atoms with Gasteiger partial charge in [0.1, 0.15) is 6.54 Å². The minimum absolute atomic E-state index is 0.101. The van der Waals surface area contributed by atoms with Crippen molar-refractivity contribution in [2.24, 2.45) is 0 Å². The summed E-state index contributed by atoms with van der Waals surface area (Å²) in [4.78, 5) is 25.6. The van der Waals surface area contributed by atoms with Crippen LogP contribution in [0.15, 0.2) is 96.7 Å². The lowest BCUT2D eigenvalue weighted by atomic mass is 9.79. The normalized spacial score (nSPS) is 16.1. The molecule has 2 aliphatic rings. The quantitative estimate of drug-likeness (QED) is 0.0450. The number of allylic oxidation sites excluding steroid dienone is 4. The summed E-state index contributed by atoms with van der Waals surface area (Å²) < 4.78 is 12.2. The molecule has 314 valence electrons. The van der Waals surface area contributed by atoms with Crippen LogP contribution in [0, 0.1) is 0 Å². The number of nitrogens with zero attached hydrogens (tertiary/aromatic N) is 2. The van der Waals surface area contributed by atoms with Crippen LogP contribution in [-0.4, -0.2) is 49.5 Å². The van der Waals surface area contributed by atoms with Crippen LogP contribution in [0.5, 0.6) is 0 Å². The zero-order chi connectivity index (χ0) is 41.8. The van der Waals surface area contributed by atoms with Crippen LogP contribution >= 0.6 is 0 Å². The molecule has 0 bridgehead atoms. The molecule has 6 nitrogen and oxygen atoms in total. The smallest absolute Gasteiger partial charge is 0.305 e. The van der Waals surface area contributed by atoms with Crippen molar-refractivity contribution in [3.63, 3.8) is 0 Å². The molecule has 0 unspecified atom stereocenters. The Kier molecular flexibility index (Phi) is 15.2. The van der Waals surface area contributed by atoms with Crippen molar-refractivity contribution in [3.8, 4) is 0 Å². The molecule has 0 spiro atoms. The lowest BCUT2D eigenvalue weighted by Gasteiger charge is -2.27. The van der Waals surface area contributed by atoms with Crippen molar-refractivity contribution >= 4 is 50.6 Å². The molecule has 0 saturated heterocycles. The number of benzene rings is 4. The molecule has 0 atom stereocenters. The number of ether oxygens (including phenoxy) is 2. The van der Waals surface area contributed by atoms with Crippen LogP contribution in [0.25, 0.3) is 21.5 Å². The van der Waals surface area contributed by atoms with Gasteiger partial charge in [0.25, 0.3) is 0 Å². The third kappa shape index (κ3) is 10.2. The Morgan fingerprint density at radius 2 is 1.10 bits per heavy atom. The van der Waals surface area contributed by atoms with E-state index >= 15 is 0 Å². The first-order chi connectivity index (χ1) is 28.6. The van der Waals surface area contributed by atoms with Gasteiger partial charge in [-0.15, -0.1) is 0 Å². The molecule has 0 aliphatic carbocycles. The molecule has 2 heterocycles. The summed E-state index contributed by atoms with van der Waals surface area (Å²) in [7, 11) is 2.94. The third-order valence-electron chi connectivity index (χ3n) is 13.0. The second kappa shape index (κ2) is 20.5. The topological polar surface area (TPSA) is 58.8 Å². The van der Waals surface area contributed by atoms with Crippen molar-refractivity contribution < 1.29 is 23.6 Å². The van der Waals surface area contributed by atoms with E-state index in [9.17, 15) is 9.59 Å². The summed E-state index contributed by atoms with van der Waals surface area (Å²) >= 11 is 0. The Morgan fingerprint density at radius 1 is 0.593 bits per heavy atom. The van der Waals surface area contributed by atoms with Crippen molar-refractivity contribution in [2.75, 3.05) is 32.2 Å².